The van der Waals surface area contributed by atoms with E-state index in [9.17, 15) is 19.7 Å². The van der Waals surface area contributed by atoms with Crippen molar-refractivity contribution in [1.82, 2.24) is 4.57 Å². The predicted molar refractivity (Wildman–Crippen MR) is 182 cm³/mol. The first kappa shape index (κ1) is 31.9. The van der Waals surface area contributed by atoms with Crippen molar-refractivity contribution in [3.05, 3.63) is 141 Å². The zero-order valence-electron chi connectivity index (χ0n) is 25.6. The number of carbonyl (C=O) groups is 1. The summed E-state index contributed by atoms with van der Waals surface area (Å²) in [5, 5.41) is 12.9. The van der Waals surface area contributed by atoms with Crippen LogP contribution in [-0.4, -0.2) is 29.2 Å². The summed E-state index contributed by atoms with van der Waals surface area (Å²) in [5.74, 6) is 0.350. The van der Waals surface area contributed by atoms with Crippen LogP contribution < -0.4 is 24.4 Å². The van der Waals surface area contributed by atoms with Crippen molar-refractivity contribution >= 4 is 55.8 Å². The SMILES string of the molecule is CCOC(=O)C1=C(C)N=c2s/c(=C\c3cc(Br)c(OCc4ccc([N+](=O)[O-])cc4)c(OC)c3)c(=O)n2[C@@H]1c1cccc2ccccc12. The molecular weight excluding hydrogens is 686 g/mol. The average Bonchev–Trinajstić information content (AvgIpc) is 3.36. The van der Waals surface area contributed by atoms with Crippen molar-refractivity contribution < 1.29 is 23.9 Å². The number of rotatable bonds is 9. The molecule has 0 saturated carbocycles. The van der Waals surface area contributed by atoms with E-state index in [1.807, 2.05) is 48.5 Å². The lowest BCUT2D eigenvalue weighted by Gasteiger charge is -2.25. The van der Waals surface area contributed by atoms with Gasteiger partial charge in [0.15, 0.2) is 16.3 Å². The highest BCUT2D eigenvalue weighted by atomic mass is 79.9. The van der Waals surface area contributed by atoms with Crippen LogP contribution in [0.25, 0.3) is 16.8 Å². The van der Waals surface area contributed by atoms with E-state index in [-0.39, 0.29) is 24.5 Å². The fraction of sp³-hybridized carbons (Fsp3) is 0.171. The van der Waals surface area contributed by atoms with Crippen LogP contribution in [0.15, 0.2) is 104 Å². The third kappa shape index (κ3) is 6.21. The summed E-state index contributed by atoms with van der Waals surface area (Å²) in [4.78, 5) is 43.2. The summed E-state index contributed by atoms with van der Waals surface area (Å²) in [7, 11) is 1.52. The van der Waals surface area contributed by atoms with Gasteiger partial charge >= 0.3 is 5.97 Å². The smallest absolute Gasteiger partial charge is 0.338 e. The van der Waals surface area contributed by atoms with Gasteiger partial charge in [0.2, 0.25) is 0 Å². The number of nitro benzene ring substituents is 1. The van der Waals surface area contributed by atoms with Gasteiger partial charge in [-0.05, 0) is 87.6 Å². The summed E-state index contributed by atoms with van der Waals surface area (Å²) in [5.41, 5.74) is 2.73. The summed E-state index contributed by atoms with van der Waals surface area (Å²) in [6.45, 7) is 3.85. The Balaban J connectivity index is 1.42. The van der Waals surface area contributed by atoms with Crippen molar-refractivity contribution in [2.24, 2.45) is 4.99 Å². The molecule has 6 rings (SSSR count). The molecule has 0 spiro atoms. The maximum absolute atomic E-state index is 14.2. The van der Waals surface area contributed by atoms with Crippen molar-refractivity contribution in [1.29, 1.82) is 0 Å². The second kappa shape index (κ2) is 13.3. The topological polar surface area (TPSA) is 122 Å². The number of nitro groups is 1. The minimum absolute atomic E-state index is 0.00198. The highest BCUT2D eigenvalue weighted by Crippen LogP contribution is 2.38. The summed E-state index contributed by atoms with van der Waals surface area (Å²) in [6.07, 6.45) is 1.75. The maximum atomic E-state index is 14.2. The summed E-state index contributed by atoms with van der Waals surface area (Å²) in [6, 6.07) is 22.6. The number of hydrogen-bond acceptors (Lipinski definition) is 9. The minimum Gasteiger partial charge on any atom is -0.493 e. The van der Waals surface area contributed by atoms with E-state index < -0.39 is 16.9 Å². The van der Waals surface area contributed by atoms with Gasteiger partial charge in [-0.2, -0.15) is 0 Å². The van der Waals surface area contributed by atoms with E-state index in [2.05, 4.69) is 15.9 Å². The Kier molecular flexibility index (Phi) is 9.06. The zero-order chi connectivity index (χ0) is 33.2. The molecule has 0 fully saturated rings. The minimum atomic E-state index is -0.741. The number of fused-ring (bicyclic) bond motifs is 2. The number of methoxy groups -OCH3 is 1. The standard InChI is InChI=1S/C35H28BrN3O7S/c1-4-45-34(41)30-20(2)37-35-38(31(30)26-11-7-9-23-8-5-6-10-25(23)26)33(40)29(47-35)18-22-16-27(36)32(28(17-22)44-3)46-19-21-12-14-24(15-13-21)39(42)43/h5-18,31H,4,19H2,1-3H3/b29-18-/t31-/m1/s1. The second-order valence-electron chi connectivity index (χ2n) is 10.6. The number of halogens is 1. The molecule has 0 unspecified atom stereocenters. The van der Waals surface area contributed by atoms with Gasteiger partial charge in [0.05, 0.1) is 45.0 Å². The highest BCUT2D eigenvalue weighted by Gasteiger charge is 2.34. The van der Waals surface area contributed by atoms with Crippen LogP contribution in [-0.2, 0) is 16.1 Å². The molecule has 0 saturated heterocycles. The fourth-order valence-corrected chi connectivity index (χ4v) is 7.18. The van der Waals surface area contributed by atoms with Gasteiger partial charge in [-0.3, -0.25) is 19.5 Å². The molecule has 1 aliphatic heterocycles. The summed E-state index contributed by atoms with van der Waals surface area (Å²) < 4.78 is 19.7. The van der Waals surface area contributed by atoms with Gasteiger partial charge < -0.3 is 14.2 Å². The molecule has 4 aromatic carbocycles. The third-order valence-electron chi connectivity index (χ3n) is 7.71. The number of esters is 1. The van der Waals surface area contributed by atoms with Crippen LogP contribution in [0.1, 0.15) is 36.6 Å². The van der Waals surface area contributed by atoms with E-state index in [1.165, 1.54) is 30.6 Å². The Labute approximate surface area is 281 Å². The normalized spacial score (nSPS) is 14.5. The number of aromatic nitrogens is 1. The van der Waals surface area contributed by atoms with Crippen molar-refractivity contribution in [2.45, 2.75) is 26.5 Å². The van der Waals surface area contributed by atoms with Gasteiger partial charge in [-0.15, -0.1) is 0 Å². The molecule has 0 radical (unpaired) electrons. The molecule has 5 aromatic rings. The zero-order valence-corrected chi connectivity index (χ0v) is 28.0. The largest absolute Gasteiger partial charge is 0.493 e. The van der Waals surface area contributed by atoms with Gasteiger partial charge in [-0.1, -0.05) is 53.8 Å². The van der Waals surface area contributed by atoms with E-state index in [1.54, 1.807) is 42.7 Å². The Morgan fingerprint density at radius 1 is 1.11 bits per heavy atom. The van der Waals surface area contributed by atoms with E-state index in [4.69, 9.17) is 19.2 Å². The van der Waals surface area contributed by atoms with Crippen LogP contribution in [0.4, 0.5) is 5.69 Å². The number of non-ortho nitro benzene ring substituents is 1. The van der Waals surface area contributed by atoms with Crippen LogP contribution in [0.5, 0.6) is 11.5 Å². The van der Waals surface area contributed by atoms with Crippen LogP contribution >= 0.6 is 27.3 Å². The van der Waals surface area contributed by atoms with Crippen LogP contribution in [0, 0.1) is 10.1 Å². The molecule has 1 aliphatic rings. The number of benzene rings is 4. The molecule has 0 N–H and O–H groups in total. The van der Waals surface area contributed by atoms with Crippen molar-refractivity contribution in [3.63, 3.8) is 0 Å². The van der Waals surface area contributed by atoms with Crippen molar-refractivity contribution in [3.8, 4) is 11.5 Å². The van der Waals surface area contributed by atoms with Gasteiger partial charge in [0.1, 0.15) is 6.61 Å². The second-order valence-corrected chi connectivity index (χ2v) is 12.5. The molecule has 2 heterocycles. The highest BCUT2D eigenvalue weighted by molar-refractivity contribution is 9.10. The molecule has 238 valence electrons. The molecule has 0 amide bonds. The summed E-state index contributed by atoms with van der Waals surface area (Å²) >= 11 is 4.80. The molecule has 0 bridgehead atoms. The Morgan fingerprint density at radius 2 is 1.85 bits per heavy atom. The average molecular weight is 715 g/mol. The number of thiazole rings is 1. The molecule has 12 heteroatoms. The number of nitrogens with zero attached hydrogens (tertiary/aromatic N) is 3. The van der Waals surface area contributed by atoms with Gasteiger partial charge in [0, 0.05) is 12.1 Å². The third-order valence-corrected chi connectivity index (χ3v) is 9.29. The maximum Gasteiger partial charge on any atom is 0.338 e. The van der Waals surface area contributed by atoms with Gasteiger partial charge in [0.25, 0.3) is 11.2 Å². The molecule has 47 heavy (non-hydrogen) atoms. The molecule has 10 nitrogen and oxygen atoms in total. The molecular formula is C35H28BrN3O7S. The first-order valence-electron chi connectivity index (χ1n) is 14.6. The number of hydrogen-bond donors (Lipinski definition) is 0. The Hall–Kier alpha value is -5.07. The first-order valence-corrected chi connectivity index (χ1v) is 16.2. The Morgan fingerprint density at radius 3 is 2.57 bits per heavy atom. The lowest BCUT2D eigenvalue weighted by molar-refractivity contribution is -0.384. The predicted octanol–water partition coefficient (Wildman–Crippen LogP) is 6.21. The Bertz CT molecular complexity index is 2250. The quantitative estimate of drug-likeness (QED) is 0.101. The number of ether oxygens (including phenoxy) is 3. The number of carbonyl (C=O) groups excluding carboxylic acids is 1. The molecule has 0 aliphatic carbocycles. The fourth-order valence-electron chi connectivity index (χ4n) is 5.56. The van der Waals surface area contributed by atoms with Gasteiger partial charge in [-0.25, -0.2) is 9.79 Å². The van der Waals surface area contributed by atoms with Crippen molar-refractivity contribution in [2.75, 3.05) is 13.7 Å². The van der Waals surface area contributed by atoms with E-state index in [0.717, 1.165) is 21.9 Å². The molecule has 1 aromatic heterocycles. The lowest BCUT2D eigenvalue weighted by Crippen LogP contribution is -2.40. The lowest BCUT2D eigenvalue weighted by atomic mass is 9.91. The number of allylic oxidation sites excluding steroid dienone is 1. The van der Waals surface area contributed by atoms with Crippen LogP contribution in [0.3, 0.4) is 0 Å². The first-order chi connectivity index (χ1) is 22.7. The monoisotopic (exact) mass is 713 g/mol. The van der Waals surface area contributed by atoms with E-state index in [0.29, 0.717) is 42.1 Å². The molecule has 1 atom stereocenters. The van der Waals surface area contributed by atoms with E-state index >= 15 is 0 Å². The van der Waals surface area contributed by atoms with Crippen LogP contribution in [0.2, 0.25) is 0 Å².